The summed E-state index contributed by atoms with van der Waals surface area (Å²) < 4.78 is 0. The Bertz CT molecular complexity index is 410. The molecule has 1 aliphatic heterocycles. The fourth-order valence-electron chi connectivity index (χ4n) is 2.42. The molecule has 5 nitrogen and oxygen atoms in total. The fraction of sp³-hybridized carbons (Fsp3) is 0.714. The van der Waals surface area contributed by atoms with Crippen molar-refractivity contribution in [3.63, 3.8) is 0 Å². The smallest absolute Gasteiger partial charge is 0.224 e. The van der Waals surface area contributed by atoms with Crippen LogP contribution in [0.3, 0.4) is 0 Å². The van der Waals surface area contributed by atoms with Gasteiger partial charge in [0.2, 0.25) is 5.95 Å². The molecule has 0 bridgehead atoms. The summed E-state index contributed by atoms with van der Waals surface area (Å²) in [6.45, 7) is 13.8. The highest BCUT2D eigenvalue weighted by atomic mass is 15.3. The van der Waals surface area contributed by atoms with E-state index in [9.17, 15) is 0 Å². The largest absolute Gasteiger partial charge is 0.354 e. The molecular weight excluding hydrogens is 238 g/mol. The van der Waals surface area contributed by atoms with Gasteiger partial charge in [0, 0.05) is 50.5 Å². The van der Waals surface area contributed by atoms with Crippen molar-refractivity contribution in [2.24, 2.45) is 0 Å². The van der Waals surface area contributed by atoms with Gasteiger partial charge in [-0.3, -0.25) is 4.90 Å². The minimum atomic E-state index is 0.631. The summed E-state index contributed by atoms with van der Waals surface area (Å²) in [6.07, 6.45) is 0. The zero-order valence-corrected chi connectivity index (χ0v) is 12.5. The molecule has 1 aliphatic rings. The van der Waals surface area contributed by atoms with Gasteiger partial charge in [0.05, 0.1) is 0 Å². The molecule has 0 aliphatic carbocycles. The minimum Gasteiger partial charge on any atom is -0.354 e. The number of anilines is 2. The van der Waals surface area contributed by atoms with Gasteiger partial charge < -0.3 is 10.2 Å². The van der Waals surface area contributed by atoms with E-state index in [4.69, 9.17) is 0 Å². The molecule has 5 heteroatoms. The van der Waals surface area contributed by atoms with Crippen molar-refractivity contribution in [2.45, 2.75) is 33.7 Å². The van der Waals surface area contributed by atoms with Gasteiger partial charge >= 0.3 is 0 Å². The molecule has 1 aromatic rings. The summed E-state index contributed by atoms with van der Waals surface area (Å²) in [5.74, 6) is 1.79. The lowest BCUT2D eigenvalue weighted by atomic mass is 10.2. The first kappa shape index (κ1) is 14.1. The number of piperazine rings is 1. The molecular formula is C14H25N5. The maximum absolute atomic E-state index is 4.60. The van der Waals surface area contributed by atoms with Gasteiger partial charge in [-0.15, -0.1) is 0 Å². The van der Waals surface area contributed by atoms with E-state index >= 15 is 0 Å². The van der Waals surface area contributed by atoms with E-state index in [0.29, 0.717) is 6.04 Å². The Hall–Kier alpha value is -1.36. The first-order valence-corrected chi connectivity index (χ1v) is 7.18. The van der Waals surface area contributed by atoms with Gasteiger partial charge in [0.25, 0.3) is 0 Å². The van der Waals surface area contributed by atoms with E-state index in [1.54, 1.807) is 0 Å². The highest BCUT2D eigenvalue weighted by molar-refractivity contribution is 5.45. The Balaban J connectivity index is 2.06. The van der Waals surface area contributed by atoms with E-state index in [1.807, 2.05) is 6.92 Å². The fourth-order valence-corrected chi connectivity index (χ4v) is 2.42. The Morgan fingerprint density at radius 3 is 2.47 bits per heavy atom. The van der Waals surface area contributed by atoms with E-state index in [2.05, 4.69) is 51.9 Å². The number of rotatable bonds is 4. The number of aryl methyl sites for hydroxylation is 1. The predicted molar refractivity (Wildman–Crippen MR) is 79.9 cm³/mol. The third-order valence-electron chi connectivity index (χ3n) is 3.54. The van der Waals surface area contributed by atoms with E-state index in [1.165, 1.54) is 0 Å². The van der Waals surface area contributed by atoms with Crippen LogP contribution in [0.25, 0.3) is 0 Å². The van der Waals surface area contributed by atoms with Gasteiger partial charge in [0.15, 0.2) is 0 Å². The van der Waals surface area contributed by atoms with Crippen LogP contribution in [-0.2, 0) is 0 Å². The van der Waals surface area contributed by atoms with Crippen molar-refractivity contribution in [2.75, 3.05) is 42.9 Å². The molecule has 1 fully saturated rings. The Morgan fingerprint density at radius 2 is 1.89 bits per heavy atom. The summed E-state index contributed by atoms with van der Waals surface area (Å²) in [5.41, 5.74) is 1.02. The number of hydrogen-bond acceptors (Lipinski definition) is 5. The SMILES string of the molecule is CCNc1nc(C)cc(N2CCN(C(C)C)CC2)n1. The van der Waals surface area contributed by atoms with E-state index < -0.39 is 0 Å². The van der Waals surface area contributed by atoms with Crippen molar-refractivity contribution in [1.29, 1.82) is 0 Å². The third kappa shape index (κ3) is 3.56. The Morgan fingerprint density at radius 1 is 1.21 bits per heavy atom. The van der Waals surface area contributed by atoms with Crippen LogP contribution in [0, 0.1) is 6.92 Å². The molecule has 0 aromatic carbocycles. The quantitative estimate of drug-likeness (QED) is 0.896. The van der Waals surface area contributed by atoms with Gasteiger partial charge in [-0.1, -0.05) is 0 Å². The first-order valence-electron chi connectivity index (χ1n) is 7.18. The van der Waals surface area contributed by atoms with Gasteiger partial charge in [-0.25, -0.2) is 4.98 Å². The second kappa shape index (κ2) is 6.19. The monoisotopic (exact) mass is 263 g/mol. The van der Waals surface area contributed by atoms with Crippen LogP contribution in [-0.4, -0.2) is 53.6 Å². The average Bonchev–Trinajstić information content (AvgIpc) is 2.38. The number of nitrogens with one attached hydrogen (secondary N) is 1. The van der Waals surface area contributed by atoms with E-state index in [0.717, 1.165) is 50.2 Å². The van der Waals surface area contributed by atoms with Gasteiger partial charge in [0.1, 0.15) is 5.82 Å². The van der Waals surface area contributed by atoms with Crippen LogP contribution in [0.4, 0.5) is 11.8 Å². The molecule has 0 atom stereocenters. The number of aromatic nitrogens is 2. The van der Waals surface area contributed by atoms with Crippen LogP contribution >= 0.6 is 0 Å². The maximum Gasteiger partial charge on any atom is 0.224 e. The topological polar surface area (TPSA) is 44.3 Å². The van der Waals surface area contributed by atoms with Crippen LogP contribution in [0.5, 0.6) is 0 Å². The molecule has 1 N–H and O–H groups in total. The summed E-state index contributed by atoms with van der Waals surface area (Å²) in [5, 5.41) is 3.20. The third-order valence-corrected chi connectivity index (χ3v) is 3.54. The van der Waals surface area contributed by atoms with Crippen LogP contribution in [0.1, 0.15) is 26.5 Å². The van der Waals surface area contributed by atoms with Crippen LogP contribution in [0.15, 0.2) is 6.07 Å². The van der Waals surface area contributed by atoms with Crippen molar-refractivity contribution in [3.05, 3.63) is 11.8 Å². The highest BCUT2D eigenvalue weighted by Crippen LogP contribution is 2.17. The maximum atomic E-state index is 4.60. The zero-order valence-electron chi connectivity index (χ0n) is 12.5. The molecule has 1 saturated heterocycles. The molecule has 0 spiro atoms. The Kier molecular flexibility index (Phi) is 4.58. The Labute approximate surface area is 116 Å². The summed E-state index contributed by atoms with van der Waals surface area (Å²) in [6, 6.07) is 2.71. The molecule has 19 heavy (non-hydrogen) atoms. The molecule has 106 valence electrons. The van der Waals surface area contributed by atoms with Gasteiger partial charge in [-0.05, 0) is 27.7 Å². The second-order valence-corrected chi connectivity index (χ2v) is 5.34. The highest BCUT2D eigenvalue weighted by Gasteiger charge is 2.20. The molecule has 0 saturated carbocycles. The van der Waals surface area contributed by atoms with Gasteiger partial charge in [-0.2, -0.15) is 4.98 Å². The zero-order chi connectivity index (χ0) is 13.8. The molecule has 0 amide bonds. The van der Waals surface area contributed by atoms with Crippen LogP contribution in [0.2, 0.25) is 0 Å². The van der Waals surface area contributed by atoms with Crippen molar-refractivity contribution in [1.82, 2.24) is 14.9 Å². The number of nitrogens with zero attached hydrogens (tertiary/aromatic N) is 4. The first-order chi connectivity index (χ1) is 9.10. The lowest BCUT2D eigenvalue weighted by Gasteiger charge is -2.37. The standard InChI is InChI=1S/C14H25N5/c1-5-15-14-16-12(4)10-13(17-14)19-8-6-18(7-9-19)11(2)3/h10-11H,5-9H2,1-4H3,(H,15,16,17). The van der Waals surface area contributed by atoms with Crippen molar-refractivity contribution < 1.29 is 0 Å². The lowest BCUT2D eigenvalue weighted by molar-refractivity contribution is 0.209. The molecule has 0 unspecified atom stereocenters. The normalized spacial score (nSPS) is 17.0. The molecule has 0 radical (unpaired) electrons. The minimum absolute atomic E-state index is 0.631. The predicted octanol–water partition coefficient (Wildman–Crippen LogP) is 1.75. The molecule has 2 heterocycles. The second-order valence-electron chi connectivity index (χ2n) is 5.34. The van der Waals surface area contributed by atoms with Crippen molar-refractivity contribution in [3.8, 4) is 0 Å². The average molecular weight is 263 g/mol. The molecule has 2 rings (SSSR count). The lowest BCUT2D eigenvalue weighted by Crippen LogP contribution is -2.49. The van der Waals surface area contributed by atoms with E-state index in [-0.39, 0.29) is 0 Å². The van der Waals surface area contributed by atoms with Crippen molar-refractivity contribution >= 4 is 11.8 Å². The molecule has 1 aromatic heterocycles. The number of hydrogen-bond donors (Lipinski definition) is 1. The summed E-state index contributed by atoms with van der Waals surface area (Å²) in [4.78, 5) is 13.9. The van der Waals surface area contributed by atoms with Crippen LogP contribution < -0.4 is 10.2 Å². The summed E-state index contributed by atoms with van der Waals surface area (Å²) in [7, 11) is 0. The summed E-state index contributed by atoms with van der Waals surface area (Å²) >= 11 is 0.